The van der Waals surface area contributed by atoms with E-state index in [9.17, 15) is 19.5 Å². The normalized spacial score (nSPS) is 16.6. The SMILES string of the molecule is CC(CCNC(=O)OCC1c2ccccc2-c2ccccc21)CC(=O)NC1(C(=O)O)CCC1. The smallest absolute Gasteiger partial charge is 0.407 e. The Morgan fingerprint density at radius 1 is 1.06 bits per heavy atom. The number of carboxylic acid groups (broad SMARTS) is 1. The number of carboxylic acids is 1. The van der Waals surface area contributed by atoms with Gasteiger partial charge in [-0.1, -0.05) is 55.5 Å². The number of aliphatic carboxylic acids is 1. The number of benzene rings is 2. The summed E-state index contributed by atoms with van der Waals surface area (Å²) in [5.41, 5.74) is 3.60. The fourth-order valence-electron chi connectivity index (χ4n) is 4.73. The Labute approximate surface area is 193 Å². The average molecular weight is 451 g/mol. The quantitative estimate of drug-likeness (QED) is 0.534. The van der Waals surface area contributed by atoms with Crippen molar-refractivity contribution in [1.82, 2.24) is 10.6 Å². The monoisotopic (exact) mass is 450 g/mol. The fraction of sp³-hybridized carbons (Fsp3) is 0.423. The second-order valence-corrected chi connectivity index (χ2v) is 9.14. The molecule has 33 heavy (non-hydrogen) atoms. The van der Waals surface area contributed by atoms with Crippen LogP contribution in [-0.2, 0) is 14.3 Å². The Kier molecular flexibility index (Phi) is 6.67. The van der Waals surface area contributed by atoms with Crippen LogP contribution in [0.4, 0.5) is 4.79 Å². The van der Waals surface area contributed by atoms with Gasteiger partial charge in [0, 0.05) is 18.9 Å². The molecule has 2 aromatic carbocycles. The first kappa shape index (κ1) is 22.8. The van der Waals surface area contributed by atoms with Gasteiger partial charge in [0.2, 0.25) is 5.91 Å². The summed E-state index contributed by atoms with van der Waals surface area (Å²) in [6, 6.07) is 16.4. The standard InChI is InChI=1S/C26H30N2O5/c1-17(15-23(29)28-26(24(30)31)12-6-13-26)11-14-27-25(32)33-16-22-20-9-4-2-7-18(20)19-8-3-5-10-21(19)22/h2-5,7-10,17,22H,6,11-16H2,1H3,(H,27,32)(H,28,29)(H,30,31). The molecule has 1 unspecified atom stereocenters. The van der Waals surface area contributed by atoms with E-state index in [1.54, 1.807) is 0 Å². The van der Waals surface area contributed by atoms with Crippen LogP contribution in [0.3, 0.4) is 0 Å². The highest BCUT2D eigenvalue weighted by Gasteiger charge is 2.45. The molecule has 0 heterocycles. The van der Waals surface area contributed by atoms with Crippen LogP contribution in [0.1, 0.15) is 56.1 Å². The van der Waals surface area contributed by atoms with Gasteiger partial charge in [-0.25, -0.2) is 9.59 Å². The van der Waals surface area contributed by atoms with Crippen LogP contribution in [0.15, 0.2) is 48.5 Å². The van der Waals surface area contributed by atoms with Crippen molar-refractivity contribution in [1.29, 1.82) is 0 Å². The van der Waals surface area contributed by atoms with E-state index in [4.69, 9.17) is 4.74 Å². The minimum atomic E-state index is -1.09. The molecule has 7 heteroatoms. The van der Waals surface area contributed by atoms with Crippen LogP contribution >= 0.6 is 0 Å². The maximum Gasteiger partial charge on any atom is 0.407 e. The predicted molar refractivity (Wildman–Crippen MR) is 124 cm³/mol. The van der Waals surface area contributed by atoms with Crippen LogP contribution in [0.25, 0.3) is 11.1 Å². The molecule has 4 rings (SSSR count). The minimum absolute atomic E-state index is 0.00445. The number of hydrogen-bond donors (Lipinski definition) is 3. The van der Waals surface area contributed by atoms with Crippen molar-refractivity contribution in [3.8, 4) is 11.1 Å². The topological polar surface area (TPSA) is 105 Å². The summed E-state index contributed by atoms with van der Waals surface area (Å²) in [5, 5.41) is 14.8. The van der Waals surface area contributed by atoms with Crippen LogP contribution in [-0.4, -0.2) is 41.8 Å². The minimum Gasteiger partial charge on any atom is -0.480 e. The lowest BCUT2D eigenvalue weighted by Gasteiger charge is -2.38. The van der Waals surface area contributed by atoms with Gasteiger partial charge in [-0.2, -0.15) is 0 Å². The molecule has 1 atom stereocenters. The van der Waals surface area contributed by atoms with Crippen molar-refractivity contribution in [2.45, 2.75) is 50.5 Å². The maximum absolute atomic E-state index is 12.3. The van der Waals surface area contributed by atoms with Crippen LogP contribution in [0, 0.1) is 5.92 Å². The second kappa shape index (κ2) is 9.65. The molecule has 3 N–H and O–H groups in total. The van der Waals surface area contributed by atoms with Crippen molar-refractivity contribution in [2.75, 3.05) is 13.2 Å². The molecule has 0 aromatic heterocycles. The van der Waals surface area contributed by atoms with Crippen LogP contribution < -0.4 is 10.6 Å². The number of amides is 2. The highest BCUT2D eigenvalue weighted by Crippen LogP contribution is 2.44. The molecule has 2 aliphatic carbocycles. The van der Waals surface area contributed by atoms with Gasteiger partial charge in [0.1, 0.15) is 12.1 Å². The zero-order chi connectivity index (χ0) is 23.4. The number of alkyl carbamates (subject to hydrolysis) is 1. The van der Waals surface area contributed by atoms with E-state index in [0.717, 1.165) is 17.5 Å². The van der Waals surface area contributed by atoms with Crippen LogP contribution in [0.2, 0.25) is 0 Å². The number of hydrogen-bond acceptors (Lipinski definition) is 4. The lowest BCUT2D eigenvalue weighted by Crippen LogP contribution is -2.59. The summed E-state index contributed by atoms with van der Waals surface area (Å²) in [7, 11) is 0. The largest absolute Gasteiger partial charge is 0.480 e. The van der Waals surface area contributed by atoms with Gasteiger partial charge < -0.3 is 20.5 Å². The fourth-order valence-corrected chi connectivity index (χ4v) is 4.73. The highest BCUT2D eigenvalue weighted by atomic mass is 16.5. The second-order valence-electron chi connectivity index (χ2n) is 9.14. The number of carbonyl (C=O) groups is 3. The zero-order valence-electron chi connectivity index (χ0n) is 18.8. The van der Waals surface area contributed by atoms with Gasteiger partial charge in [0.05, 0.1) is 0 Å². The van der Waals surface area contributed by atoms with Crippen molar-refractivity contribution < 1.29 is 24.2 Å². The average Bonchev–Trinajstić information content (AvgIpc) is 3.08. The lowest BCUT2D eigenvalue weighted by molar-refractivity contribution is -0.151. The third-order valence-corrected chi connectivity index (χ3v) is 6.78. The van der Waals surface area contributed by atoms with Crippen molar-refractivity contribution >= 4 is 18.0 Å². The Hall–Kier alpha value is -3.35. The molecule has 0 saturated heterocycles. The summed E-state index contributed by atoms with van der Waals surface area (Å²) >= 11 is 0. The van der Waals surface area contributed by atoms with Gasteiger partial charge in [-0.3, -0.25) is 4.79 Å². The molecule has 1 fully saturated rings. The summed E-state index contributed by atoms with van der Waals surface area (Å²) in [4.78, 5) is 35.9. The molecule has 0 radical (unpaired) electrons. The van der Waals surface area contributed by atoms with Gasteiger partial charge in [0.25, 0.3) is 0 Å². The van der Waals surface area contributed by atoms with E-state index in [-0.39, 0.29) is 30.8 Å². The molecule has 1 saturated carbocycles. The first-order valence-corrected chi connectivity index (χ1v) is 11.5. The third-order valence-electron chi connectivity index (χ3n) is 6.78. The van der Waals surface area contributed by atoms with E-state index in [1.165, 1.54) is 11.1 Å². The van der Waals surface area contributed by atoms with Crippen molar-refractivity contribution in [3.63, 3.8) is 0 Å². The Morgan fingerprint density at radius 2 is 1.67 bits per heavy atom. The van der Waals surface area contributed by atoms with E-state index < -0.39 is 17.6 Å². The van der Waals surface area contributed by atoms with Gasteiger partial charge in [0.15, 0.2) is 0 Å². The van der Waals surface area contributed by atoms with E-state index in [2.05, 4.69) is 34.9 Å². The van der Waals surface area contributed by atoms with Gasteiger partial charge >= 0.3 is 12.1 Å². The first-order chi connectivity index (χ1) is 15.9. The summed E-state index contributed by atoms with van der Waals surface area (Å²) in [6.07, 6.45) is 2.11. The molecule has 2 aliphatic rings. The molecule has 174 valence electrons. The maximum atomic E-state index is 12.3. The number of fused-ring (bicyclic) bond motifs is 3. The van der Waals surface area contributed by atoms with Crippen molar-refractivity contribution in [2.24, 2.45) is 5.92 Å². The third kappa shape index (κ3) is 4.87. The number of nitrogens with one attached hydrogen (secondary N) is 2. The summed E-state index contributed by atoms with van der Waals surface area (Å²) in [5.74, 6) is -1.21. The number of carbonyl (C=O) groups excluding carboxylic acids is 2. The molecule has 2 aromatic rings. The molecule has 0 aliphatic heterocycles. The first-order valence-electron chi connectivity index (χ1n) is 11.5. The molecule has 7 nitrogen and oxygen atoms in total. The molecular weight excluding hydrogens is 420 g/mol. The Morgan fingerprint density at radius 3 is 2.21 bits per heavy atom. The summed E-state index contributed by atoms with van der Waals surface area (Å²) in [6.45, 7) is 2.55. The van der Waals surface area contributed by atoms with Crippen molar-refractivity contribution in [3.05, 3.63) is 59.7 Å². The predicted octanol–water partition coefficient (Wildman–Crippen LogP) is 4.06. The molecule has 2 amide bonds. The molecule has 0 bridgehead atoms. The Bertz CT molecular complexity index is 1000. The summed E-state index contributed by atoms with van der Waals surface area (Å²) < 4.78 is 5.52. The molecular formula is C26H30N2O5. The van der Waals surface area contributed by atoms with E-state index >= 15 is 0 Å². The van der Waals surface area contributed by atoms with E-state index in [0.29, 0.717) is 25.8 Å². The number of rotatable bonds is 9. The molecule has 0 spiro atoms. The van der Waals surface area contributed by atoms with Gasteiger partial charge in [-0.05, 0) is 53.9 Å². The van der Waals surface area contributed by atoms with Crippen LogP contribution in [0.5, 0.6) is 0 Å². The Balaban J connectivity index is 1.20. The van der Waals surface area contributed by atoms with E-state index in [1.807, 2.05) is 31.2 Å². The number of ether oxygens (including phenoxy) is 1. The zero-order valence-corrected chi connectivity index (χ0v) is 18.8. The lowest BCUT2D eigenvalue weighted by atomic mass is 9.76. The van der Waals surface area contributed by atoms with Gasteiger partial charge in [-0.15, -0.1) is 0 Å². The highest BCUT2D eigenvalue weighted by molar-refractivity contribution is 5.88.